The molecule has 0 saturated carbocycles. The van der Waals surface area contributed by atoms with Crippen molar-refractivity contribution < 1.29 is 33.3 Å². The molecule has 0 N–H and O–H groups in total. The highest BCUT2D eigenvalue weighted by molar-refractivity contribution is 6.00. The fourth-order valence-corrected chi connectivity index (χ4v) is 2.67. The number of methoxy groups -OCH3 is 2. The molecule has 27 heavy (non-hydrogen) atoms. The van der Waals surface area contributed by atoms with Gasteiger partial charge in [-0.3, -0.25) is 9.59 Å². The van der Waals surface area contributed by atoms with Crippen LogP contribution in [-0.4, -0.2) is 45.8 Å². The number of hydrogen-bond acceptors (Lipinski definition) is 7. The van der Waals surface area contributed by atoms with E-state index < -0.39 is 5.97 Å². The average Bonchev–Trinajstić information content (AvgIpc) is 2.71. The number of esters is 1. The third-order valence-corrected chi connectivity index (χ3v) is 4.03. The normalized spacial score (nSPS) is 12.2. The second kappa shape index (κ2) is 8.44. The van der Waals surface area contributed by atoms with Gasteiger partial charge in [-0.1, -0.05) is 6.07 Å². The van der Waals surface area contributed by atoms with Crippen LogP contribution in [0.15, 0.2) is 36.4 Å². The Kier molecular flexibility index (Phi) is 5.80. The van der Waals surface area contributed by atoms with Crippen LogP contribution in [0.5, 0.6) is 23.0 Å². The van der Waals surface area contributed by atoms with Crippen LogP contribution in [0.25, 0.3) is 0 Å². The highest BCUT2D eigenvalue weighted by Gasteiger charge is 2.17. The number of hydrogen-bond donors (Lipinski definition) is 0. The second-order valence-electron chi connectivity index (χ2n) is 5.80. The van der Waals surface area contributed by atoms with E-state index in [2.05, 4.69) is 0 Å². The molecule has 0 radical (unpaired) electrons. The predicted octanol–water partition coefficient (Wildman–Crippen LogP) is 2.44. The molecular formula is C20H20O7. The number of carbonyl (C=O) groups is 2. The summed E-state index contributed by atoms with van der Waals surface area (Å²) in [4.78, 5) is 24.4. The minimum atomic E-state index is -0.507. The highest BCUT2D eigenvalue weighted by Crippen LogP contribution is 2.31. The maximum Gasteiger partial charge on any atom is 0.310 e. The van der Waals surface area contributed by atoms with Crippen LogP contribution in [0.2, 0.25) is 0 Å². The van der Waals surface area contributed by atoms with Gasteiger partial charge < -0.3 is 23.7 Å². The molecule has 0 aromatic heterocycles. The van der Waals surface area contributed by atoms with Crippen molar-refractivity contribution in [1.82, 2.24) is 0 Å². The minimum absolute atomic E-state index is 0.0314. The SMILES string of the molecule is COc1ccc(C(=O)COC(=O)Cc2ccc3c(c2)OCCO3)c(OC)c1. The molecule has 3 rings (SSSR count). The lowest BCUT2D eigenvalue weighted by molar-refractivity contribution is -0.141. The molecule has 0 spiro atoms. The third-order valence-electron chi connectivity index (χ3n) is 4.03. The Morgan fingerprint density at radius 2 is 1.74 bits per heavy atom. The number of ketones is 1. The molecule has 0 amide bonds. The third kappa shape index (κ3) is 4.49. The predicted molar refractivity (Wildman–Crippen MR) is 96.0 cm³/mol. The van der Waals surface area contributed by atoms with Gasteiger partial charge in [0, 0.05) is 6.07 Å². The van der Waals surface area contributed by atoms with Crippen molar-refractivity contribution in [2.45, 2.75) is 6.42 Å². The van der Waals surface area contributed by atoms with Crippen molar-refractivity contribution in [1.29, 1.82) is 0 Å². The van der Waals surface area contributed by atoms with Crippen molar-refractivity contribution in [3.8, 4) is 23.0 Å². The highest BCUT2D eigenvalue weighted by atomic mass is 16.6. The number of fused-ring (bicyclic) bond motifs is 1. The molecule has 0 unspecified atom stereocenters. The molecule has 1 heterocycles. The summed E-state index contributed by atoms with van der Waals surface area (Å²) in [6.07, 6.45) is 0.0314. The molecule has 0 bridgehead atoms. The Morgan fingerprint density at radius 1 is 0.963 bits per heavy atom. The van der Waals surface area contributed by atoms with E-state index >= 15 is 0 Å². The average molecular weight is 372 g/mol. The largest absolute Gasteiger partial charge is 0.497 e. The van der Waals surface area contributed by atoms with Gasteiger partial charge >= 0.3 is 5.97 Å². The molecule has 0 aliphatic carbocycles. The van der Waals surface area contributed by atoms with Gasteiger partial charge in [-0.2, -0.15) is 0 Å². The minimum Gasteiger partial charge on any atom is -0.497 e. The number of carbonyl (C=O) groups excluding carboxylic acids is 2. The summed E-state index contributed by atoms with van der Waals surface area (Å²) in [5.74, 6) is 1.32. The molecule has 142 valence electrons. The Bertz CT molecular complexity index is 844. The van der Waals surface area contributed by atoms with Gasteiger partial charge in [0.2, 0.25) is 5.78 Å². The van der Waals surface area contributed by atoms with Crippen molar-refractivity contribution in [3.63, 3.8) is 0 Å². The molecule has 7 nitrogen and oxygen atoms in total. The maximum atomic E-state index is 12.3. The standard InChI is InChI=1S/C20H20O7/c1-23-14-4-5-15(18(11-14)24-2)16(21)12-27-20(22)10-13-3-6-17-19(9-13)26-8-7-25-17/h3-6,9,11H,7-8,10,12H2,1-2H3. The first-order valence-corrected chi connectivity index (χ1v) is 8.40. The van der Waals surface area contributed by atoms with Gasteiger partial charge in [0.1, 0.15) is 24.7 Å². The van der Waals surface area contributed by atoms with Gasteiger partial charge in [-0.25, -0.2) is 0 Å². The fourth-order valence-electron chi connectivity index (χ4n) is 2.67. The van der Waals surface area contributed by atoms with Crippen molar-refractivity contribution in [2.24, 2.45) is 0 Å². The van der Waals surface area contributed by atoms with Crippen LogP contribution in [-0.2, 0) is 16.0 Å². The molecule has 2 aromatic carbocycles. The first-order chi connectivity index (χ1) is 13.1. The van der Waals surface area contributed by atoms with Gasteiger partial charge in [0.05, 0.1) is 26.2 Å². The molecule has 0 fully saturated rings. The monoisotopic (exact) mass is 372 g/mol. The lowest BCUT2D eigenvalue weighted by Gasteiger charge is -2.18. The quantitative estimate of drug-likeness (QED) is 0.545. The van der Waals surface area contributed by atoms with Crippen molar-refractivity contribution in [2.75, 3.05) is 34.0 Å². The topological polar surface area (TPSA) is 80.3 Å². The van der Waals surface area contributed by atoms with Gasteiger partial charge in [-0.15, -0.1) is 0 Å². The molecule has 0 saturated heterocycles. The molecule has 2 aromatic rings. The van der Waals surface area contributed by atoms with Crippen LogP contribution in [0.3, 0.4) is 0 Å². The second-order valence-corrected chi connectivity index (χ2v) is 5.80. The number of rotatable bonds is 7. The van der Waals surface area contributed by atoms with Crippen LogP contribution < -0.4 is 18.9 Å². The zero-order valence-corrected chi connectivity index (χ0v) is 15.2. The van der Waals surface area contributed by atoms with Crippen molar-refractivity contribution in [3.05, 3.63) is 47.5 Å². The van der Waals surface area contributed by atoms with Crippen LogP contribution in [0.1, 0.15) is 15.9 Å². The van der Waals surface area contributed by atoms with E-state index in [1.54, 1.807) is 36.4 Å². The summed E-state index contributed by atoms with van der Waals surface area (Å²) in [5.41, 5.74) is 1.05. The lowest BCUT2D eigenvalue weighted by atomic mass is 10.1. The Morgan fingerprint density at radius 3 is 2.48 bits per heavy atom. The van der Waals surface area contributed by atoms with Crippen LogP contribution >= 0.6 is 0 Å². The zero-order valence-electron chi connectivity index (χ0n) is 15.2. The smallest absolute Gasteiger partial charge is 0.310 e. The van der Waals surface area contributed by atoms with E-state index in [9.17, 15) is 9.59 Å². The van der Waals surface area contributed by atoms with E-state index in [4.69, 9.17) is 23.7 Å². The Balaban J connectivity index is 1.58. The maximum absolute atomic E-state index is 12.3. The first kappa shape index (κ1) is 18.6. The van der Waals surface area contributed by atoms with Gasteiger partial charge in [0.15, 0.2) is 18.1 Å². The molecule has 0 atom stereocenters. The molecule has 1 aliphatic rings. The molecule has 7 heteroatoms. The summed E-state index contributed by atoms with van der Waals surface area (Å²) < 4.78 is 26.3. The fraction of sp³-hybridized carbons (Fsp3) is 0.300. The summed E-state index contributed by atoms with van der Waals surface area (Å²) in [6.45, 7) is 0.608. The summed E-state index contributed by atoms with van der Waals surface area (Å²) in [5, 5.41) is 0. The lowest BCUT2D eigenvalue weighted by Crippen LogP contribution is -2.17. The van der Waals surface area contributed by atoms with E-state index in [0.29, 0.717) is 41.8 Å². The number of benzene rings is 2. The van der Waals surface area contributed by atoms with Gasteiger partial charge in [-0.05, 0) is 29.8 Å². The van der Waals surface area contributed by atoms with Crippen LogP contribution in [0.4, 0.5) is 0 Å². The number of ether oxygens (including phenoxy) is 5. The zero-order chi connectivity index (χ0) is 19.2. The number of Topliss-reactive ketones (excluding diaryl/α,β-unsaturated/α-hetero) is 1. The Hall–Kier alpha value is -3.22. The van der Waals surface area contributed by atoms with E-state index in [1.165, 1.54) is 14.2 Å². The summed E-state index contributed by atoms with van der Waals surface area (Å²) in [7, 11) is 2.98. The summed E-state index contributed by atoms with van der Waals surface area (Å²) in [6, 6.07) is 10.1. The molecular weight excluding hydrogens is 352 g/mol. The van der Waals surface area contributed by atoms with Crippen molar-refractivity contribution >= 4 is 11.8 Å². The van der Waals surface area contributed by atoms with E-state index in [1.807, 2.05) is 0 Å². The first-order valence-electron chi connectivity index (χ1n) is 8.40. The Labute approximate surface area is 156 Å². The van der Waals surface area contributed by atoms with Crippen LogP contribution in [0, 0.1) is 0 Å². The van der Waals surface area contributed by atoms with E-state index in [-0.39, 0.29) is 18.8 Å². The van der Waals surface area contributed by atoms with E-state index in [0.717, 1.165) is 5.56 Å². The molecule has 1 aliphatic heterocycles. The van der Waals surface area contributed by atoms with Gasteiger partial charge in [0.25, 0.3) is 0 Å². The summed E-state index contributed by atoms with van der Waals surface area (Å²) >= 11 is 0.